The van der Waals surface area contributed by atoms with Crippen LogP contribution in [0, 0.1) is 0 Å². The van der Waals surface area contributed by atoms with Gasteiger partial charge >= 0.3 is 0 Å². The van der Waals surface area contributed by atoms with Crippen LogP contribution in [-0.4, -0.2) is 0 Å². The fourth-order valence-corrected chi connectivity index (χ4v) is 10.2. The molecule has 0 aromatic heterocycles. The van der Waals surface area contributed by atoms with Crippen molar-refractivity contribution in [1.82, 2.24) is 0 Å². The van der Waals surface area contributed by atoms with Crippen molar-refractivity contribution < 1.29 is 0 Å². The number of fused-ring (bicyclic) bond motifs is 8. The summed E-state index contributed by atoms with van der Waals surface area (Å²) >= 11 is 3.74. The van der Waals surface area contributed by atoms with Crippen molar-refractivity contribution in [3.63, 3.8) is 0 Å². The summed E-state index contributed by atoms with van der Waals surface area (Å²) in [5.41, 5.74) is 16.7. The third kappa shape index (κ3) is 4.84. The molecule has 9 rings (SSSR count). The zero-order chi connectivity index (χ0) is 34.9. The molecule has 0 spiro atoms. The van der Waals surface area contributed by atoms with Crippen molar-refractivity contribution in [2.45, 2.75) is 77.0 Å². The zero-order valence-corrected chi connectivity index (χ0v) is 31.8. The average Bonchev–Trinajstić information content (AvgIpc) is 3.56. The highest BCUT2D eigenvalue weighted by atomic mass is 79.9. The lowest BCUT2D eigenvalue weighted by Gasteiger charge is -2.33. The second kappa shape index (κ2) is 12.3. The van der Waals surface area contributed by atoms with Gasteiger partial charge in [0.15, 0.2) is 0 Å². The Kier molecular flexibility index (Phi) is 7.86. The van der Waals surface area contributed by atoms with Crippen LogP contribution < -0.4 is 0 Å². The van der Waals surface area contributed by atoms with Gasteiger partial charge in [-0.1, -0.05) is 172 Å². The van der Waals surface area contributed by atoms with E-state index in [2.05, 4.69) is 171 Å². The lowest BCUT2D eigenvalue weighted by molar-refractivity contribution is 0.414. The summed E-state index contributed by atoms with van der Waals surface area (Å²) in [4.78, 5) is 0. The van der Waals surface area contributed by atoms with Crippen LogP contribution in [0.25, 0.3) is 66.1 Å². The fraction of sp³-hybridized carbons (Fsp3) is 0.240. The van der Waals surface area contributed by atoms with E-state index >= 15 is 0 Å². The Balaban J connectivity index is 1.28. The summed E-state index contributed by atoms with van der Waals surface area (Å²) < 4.78 is 1.14. The van der Waals surface area contributed by atoms with E-state index in [1.807, 2.05) is 0 Å². The first-order valence-electron chi connectivity index (χ1n) is 19.0. The molecule has 0 fully saturated rings. The number of hydrogen-bond donors (Lipinski definition) is 0. The molecule has 0 saturated heterocycles. The largest absolute Gasteiger partial charge is 0.0654 e. The predicted octanol–water partition coefficient (Wildman–Crippen LogP) is 15.0. The maximum atomic E-state index is 3.74. The summed E-state index contributed by atoms with van der Waals surface area (Å²) in [5, 5.41) is 5.27. The first-order chi connectivity index (χ1) is 24.9. The van der Waals surface area contributed by atoms with Gasteiger partial charge in [0, 0.05) is 15.3 Å². The Hall–Kier alpha value is -4.46. The van der Waals surface area contributed by atoms with Crippen LogP contribution >= 0.6 is 15.9 Å². The lowest BCUT2D eigenvalue weighted by atomic mass is 9.70. The van der Waals surface area contributed by atoms with Gasteiger partial charge in [0.25, 0.3) is 0 Å². The van der Waals surface area contributed by atoms with Crippen molar-refractivity contribution in [3.8, 4) is 44.5 Å². The molecule has 0 heterocycles. The Bertz CT molecular complexity index is 2430. The molecule has 0 atom stereocenters. The molecular weight excluding hydrogens is 680 g/mol. The van der Waals surface area contributed by atoms with Crippen LogP contribution in [0.3, 0.4) is 0 Å². The highest BCUT2D eigenvalue weighted by Gasteiger charge is 2.42. The van der Waals surface area contributed by atoms with Crippen molar-refractivity contribution in [3.05, 3.63) is 154 Å². The van der Waals surface area contributed by atoms with E-state index in [4.69, 9.17) is 0 Å². The molecule has 0 saturated carbocycles. The first kappa shape index (κ1) is 32.4. The van der Waals surface area contributed by atoms with Crippen LogP contribution in [0.1, 0.15) is 88.5 Å². The third-order valence-electron chi connectivity index (χ3n) is 12.3. The molecule has 0 amide bonds. The van der Waals surface area contributed by atoms with E-state index in [0.29, 0.717) is 0 Å². The van der Waals surface area contributed by atoms with E-state index in [0.717, 1.165) is 4.47 Å². The predicted molar refractivity (Wildman–Crippen MR) is 223 cm³/mol. The van der Waals surface area contributed by atoms with Gasteiger partial charge in [-0.3, -0.25) is 0 Å². The first-order valence-corrected chi connectivity index (χ1v) is 19.8. The summed E-state index contributed by atoms with van der Waals surface area (Å²) in [6.07, 6.45) is 7.31. The maximum Gasteiger partial charge on any atom is 0.0215 e. The molecular formula is C50H45Br. The minimum absolute atomic E-state index is 0.0594. The van der Waals surface area contributed by atoms with Crippen LogP contribution in [-0.2, 0) is 10.8 Å². The van der Waals surface area contributed by atoms with E-state index in [1.54, 1.807) is 0 Å². The molecule has 2 aliphatic carbocycles. The second-order valence-electron chi connectivity index (χ2n) is 15.5. The molecule has 2 aliphatic rings. The average molecular weight is 726 g/mol. The highest BCUT2D eigenvalue weighted by Crippen LogP contribution is 2.56. The van der Waals surface area contributed by atoms with Crippen LogP contribution in [0.2, 0.25) is 0 Å². The molecule has 252 valence electrons. The van der Waals surface area contributed by atoms with E-state index in [1.165, 1.54) is 127 Å². The molecule has 1 heteroatoms. The molecule has 0 N–H and O–H groups in total. The molecule has 0 unspecified atom stereocenters. The summed E-state index contributed by atoms with van der Waals surface area (Å²) in [5.74, 6) is 0. The number of benzene rings is 7. The molecule has 0 aliphatic heterocycles. The van der Waals surface area contributed by atoms with Crippen molar-refractivity contribution >= 4 is 37.5 Å². The van der Waals surface area contributed by atoms with Gasteiger partial charge in [0.05, 0.1) is 0 Å². The number of halogens is 1. The number of hydrogen-bond acceptors (Lipinski definition) is 0. The quantitative estimate of drug-likeness (QED) is 0.137. The summed E-state index contributed by atoms with van der Waals surface area (Å²) in [6.45, 7) is 9.43. The topological polar surface area (TPSA) is 0 Å². The minimum atomic E-state index is -0.0833. The van der Waals surface area contributed by atoms with Gasteiger partial charge in [-0.15, -0.1) is 0 Å². The van der Waals surface area contributed by atoms with Crippen molar-refractivity contribution in [1.29, 1.82) is 0 Å². The van der Waals surface area contributed by atoms with E-state index in [-0.39, 0.29) is 10.8 Å². The highest BCUT2D eigenvalue weighted by molar-refractivity contribution is 9.10. The monoisotopic (exact) mass is 724 g/mol. The van der Waals surface area contributed by atoms with Crippen molar-refractivity contribution in [2.75, 3.05) is 0 Å². The van der Waals surface area contributed by atoms with Crippen LogP contribution in [0.5, 0.6) is 0 Å². The Morgan fingerprint density at radius 2 is 0.882 bits per heavy atom. The van der Waals surface area contributed by atoms with Gasteiger partial charge in [0.1, 0.15) is 0 Å². The van der Waals surface area contributed by atoms with Gasteiger partial charge < -0.3 is 0 Å². The third-order valence-corrected chi connectivity index (χ3v) is 12.8. The SMILES string of the molecule is CCCCC1(CCCC)c2ccccc2-c2ccc(-c3c4ccccc4c(-c4ccc5c(c4)C(C)(C)c4cc(Br)ccc4-5)c4ccccc34)cc21. The smallest absolute Gasteiger partial charge is 0.0215 e. The van der Waals surface area contributed by atoms with Gasteiger partial charge in [-0.25, -0.2) is 0 Å². The van der Waals surface area contributed by atoms with E-state index < -0.39 is 0 Å². The minimum Gasteiger partial charge on any atom is -0.0654 e. The molecule has 7 aromatic rings. The molecule has 51 heavy (non-hydrogen) atoms. The molecule has 0 nitrogen and oxygen atoms in total. The Morgan fingerprint density at radius 1 is 0.451 bits per heavy atom. The molecule has 7 aromatic carbocycles. The van der Waals surface area contributed by atoms with Crippen LogP contribution in [0.4, 0.5) is 0 Å². The molecule has 0 bridgehead atoms. The zero-order valence-electron chi connectivity index (χ0n) is 30.2. The second-order valence-corrected chi connectivity index (χ2v) is 16.4. The lowest BCUT2D eigenvalue weighted by Crippen LogP contribution is -2.25. The van der Waals surface area contributed by atoms with Gasteiger partial charge in [-0.2, -0.15) is 0 Å². The Morgan fingerprint density at radius 3 is 1.43 bits per heavy atom. The van der Waals surface area contributed by atoms with Gasteiger partial charge in [0.2, 0.25) is 0 Å². The standard InChI is InChI=1S/C50H45Br/c1-5-7-27-50(28-8-6-2)43-20-14-13-15-35(43)38-25-22-33(30-46(38)50)48-41-18-11-9-16-39(41)47(40-17-10-12-19-42(40)48)32-21-24-36-37-26-23-34(51)31-45(37)49(3,4)44(36)29-32/h9-26,29-31H,5-8,27-28H2,1-4H3. The Labute approximate surface area is 311 Å². The van der Waals surface area contributed by atoms with Crippen LogP contribution in [0.15, 0.2) is 132 Å². The van der Waals surface area contributed by atoms with E-state index in [9.17, 15) is 0 Å². The summed E-state index contributed by atoms with van der Waals surface area (Å²) in [6, 6.07) is 49.0. The summed E-state index contributed by atoms with van der Waals surface area (Å²) in [7, 11) is 0. The normalized spacial score (nSPS) is 14.8. The fourth-order valence-electron chi connectivity index (χ4n) is 9.85. The number of rotatable bonds is 8. The molecule has 0 radical (unpaired) electrons. The maximum absolute atomic E-state index is 3.74. The van der Waals surface area contributed by atoms with Crippen molar-refractivity contribution in [2.24, 2.45) is 0 Å². The number of unbranched alkanes of at least 4 members (excludes halogenated alkanes) is 2. The van der Waals surface area contributed by atoms with Gasteiger partial charge in [-0.05, 0) is 125 Å².